The molecule has 5 nitrogen and oxygen atoms in total. The van der Waals surface area contributed by atoms with E-state index in [0.717, 1.165) is 36.9 Å². The molecular weight excluding hydrogens is 304 g/mol. The summed E-state index contributed by atoms with van der Waals surface area (Å²) in [5.41, 5.74) is 0.698. The van der Waals surface area contributed by atoms with Gasteiger partial charge >= 0.3 is 0 Å². The number of rotatable bonds is 1. The summed E-state index contributed by atoms with van der Waals surface area (Å²) in [5.74, 6) is -1.21. The highest BCUT2D eigenvalue weighted by Crippen LogP contribution is 2.67. The maximum absolute atomic E-state index is 13.0. The summed E-state index contributed by atoms with van der Waals surface area (Å²) in [6.45, 7) is 2.71. The second-order valence-electron chi connectivity index (χ2n) is 7.51. The fraction of sp³-hybridized carbons (Fsp3) is 0.526. The lowest BCUT2D eigenvalue weighted by Gasteiger charge is -2.61. The van der Waals surface area contributed by atoms with E-state index in [2.05, 4.69) is 6.92 Å². The summed E-state index contributed by atoms with van der Waals surface area (Å²) in [6.07, 6.45) is 4.00. The van der Waals surface area contributed by atoms with Crippen LogP contribution in [0.5, 0.6) is 0 Å². The third-order valence-corrected chi connectivity index (χ3v) is 6.92. The van der Waals surface area contributed by atoms with Gasteiger partial charge in [0, 0.05) is 18.4 Å². The van der Waals surface area contributed by atoms with Crippen molar-refractivity contribution < 1.29 is 14.4 Å². The van der Waals surface area contributed by atoms with E-state index in [-0.39, 0.29) is 17.1 Å². The van der Waals surface area contributed by atoms with Gasteiger partial charge in [-0.05, 0) is 37.3 Å². The third-order valence-electron chi connectivity index (χ3n) is 6.92. The molecule has 5 heteroatoms. The van der Waals surface area contributed by atoms with Crippen LogP contribution in [0, 0.1) is 5.41 Å². The Morgan fingerprint density at radius 3 is 2.75 bits per heavy atom. The molecule has 0 saturated carbocycles. The number of nitrogens with zero attached hydrogens (tertiary/aromatic N) is 2. The van der Waals surface area contributed by atoms with Gasteiger partial charge in [-0.1, -0.05) is 25.1 Å². The Morgan fingerprint density at radius 2 is 1.96 bits per heavy atom. The molecule has 124 valence electrons. The van der Waals surface area contributed by atoms with Crippen molar-refractivity contribution in [2.75, 3.05) is 11.4 Å². The van der Waals surface area contributed by atoms with E-state index in [4.69, 9.17) is 0 Å². The van der Waals surface area contributed by atoms with Crippen LogP contribution in [0.1, 0.15) is 50.5 Å². The largest absolute Gasteiger partial charge is 0.311 e. The van der Waals surface area contributed by atoms with Crippen molar-refractivity contribution in [3.05, 3.63) is 29.8 Å². The lowest BCUT2D eigenvalue weighted by molar-refractivity contribution is -0.152. The maximum Gasteiger partial charge on any atom is 0.292 e. The minimum atomic E-state index is -0.798. The second-order valence-corrected chi connectivity index (χ2v) is 7.51. The lowest BCUT2D eigenvalue weighted by Crippen LogP contribution is -2.73. The van der Waals surface area contributed by atoms with E-state index in [1.54, 1.807) is 4.90 Å². The van der Waals surface area contributed by atoms with E-state index in [1.165, 1.54) is 0 Å². The third kappa shape index (κ3) is 1.22. The van der Waals surface area contributed by atoms with Crippen molar-refractivity contribution in [2.24, 2.45) is 5.41 Å². The van der Waals surface area contributed by atoms with Gasteiger partial charge in [0.2, 0.25) is 11.7 Å². The number of carbonyl (C=O) groups is 3. The molecule has 1 aromatic rings. The van der Waals surface area contributed by atoms with E-state index in [9.17, 15) is 14.4 Å². The first kappa shape index (κ1) is 14.2. The van der Waals surface area contributed by atoms with Gasteiger partial charge in [0.05, 0.1) is 11.6 Å². The molecular formula is C19H20N2O3. The van der Waals surface area contributed by atoms with Gasteiger partial charge in [0.1, 0.15) is 5.66 Å². The normalized spacial score (nSPS) is 36.7. The quantitative estimate of drug-likeness (QED) is 0.744. The lowest BCUT2D eigenvalue weighted by atomic mass is 9.59. The highest BCUT2D eigenvalue weighted by molar-refractivity contribution is 6.42. The number of fused-ring (bicyclic) bond motifs is 3. The van der Waals surface area contributed by atoms with Gasteiger partial charge in [-0.25, -0.2) is 0 Å². The first-order valence-electron chi connectivity index (χ1n) is 8.86. The molecule has 2 amide bonds. The average molecular weight is 324 g/mol. The van der Waals surface area contributed by atoms with Crippen molar-refractivity contribution in [2.45, 2.75) is 50.6 Å². The van der Waals surface area contributed by atoms with Crippen LogP contribution >= 0.6 is 0 Å². The molecule has 0 aromatic heterocycles. The Kier molecular flexibility index (Phi) is 2.52. The van der Waals surface area contributed by atoms with Gasteiger partial charge in [0.15, 0.2) is 0 Å². The molecule has 1 spiro atoms. The topological polar surface area (TPSA) is 57.7 Å². The van der Waals surface area contributed by atoms with Crippen LogP contribution in [0.25, 0.3) is 0 Å². The van der Waals surface area contributed by atoms with Gasteiger partial charge < -0.3 is 4.90 Å². The molecule has 0 bridgehead atoms. The molecule has 1 aromatic carbocycles. The highest BCUT2D eigenvalue weighted by atomic mass is 16.2. The predicted molar refractivity (Wildman–Crippen MR) is 87.3 cm³/mol. The summed E-state index contributed by atoms with van der Waals surface area (Å²) in [7, 11) is 0. The van der Waals surface area contributed by atoms with Crippen molar-refractivity contribution in [1.82, 2.24) is 4.90 Å². The highest BCUT2D eigenvalue weighted by Gasteiger charge is 2.76. The van der Waals surface area contributed by atoms with E-state index < -0.39 is 17.5 Å². The Morgan fingerprint density at radius 1 is 1.17 bits per heavy atom. The van der Waals surface area contributed by atoms with E-state index >= 15 is 0 Å². The first-order valence-corrected chi connectivity index (χ1v) is 8.86. The number of hydrogen-bond acceptors (Lipinski definition) is 3. The molecule has 3 atom stereocenters. The Balaban J connectivity index is 1.89. The van der Waals surface area contributed by atoms with Crippen molar-refractivity contribution in [1.29, 1.82) is 0 Å². The van der Waals surface area contributed by atoms with Crippen molar-refractivity contribution in [3.63, 3.8) is 0 Å². The number of ketones is 1. The molecule has 3 fully saturated rings. The van der Waals surface area contributed by atoms with Gasteiger partial charge in [-0.15, -0.1) is 0 Å². The zero-order valence-corrected chi connectivity index (χ0v) is 13.7. The molecule has 0 aliphatic carbocycles. The molecule has 0 radical (unpaired) electrons. The van der Waals surface area contributed by atoms with E-state index in [0.29, 0.717) is 13.0 Å². The SMILES string of the molecule is CC[C@@]12CCCN3C(=O)C(=O)[C@H]4c5ccccc5N(C(=O)CC1)[C@]432. The number of amides is 2. The predicted octanol–water partition coefficient (Wildman–Crippen LogP) is 2.21. The first-order chi connectivity index (χ1) is 11.6. The van der Waals surface area contributed by atoms with Crippen LogP contribution in [-0.2, 0) is 14.4 Å². The fourth-order valence-corrected chi connectivity index (χ4v) is 6.04. The molecule has 5 rings (SSSR count). The van der Waals surface area contributed by atoms with E-state index in [1.807, 2.05) is 29.2 Å². The maximum atomic E-state index is 13.0. The van der Waals surface area contributed by atoms with Crippen LogP contribution < -0.4 is 4.90 Å². The van der Waals surface area contributed by atoms with Gasteiger partial charge in [0.25, 0.3) is 5.91 Å². The standard InChI is InChI=1S/C19H20N2O3/c1-2-18-9-5-11-20-17(24)16(23)15-12-6-3-4-7-13(12)21(19(15,18)20)14(22)8-10-18/h3-4,6-7,15H,2,5,8-11H2,1H3/t15-,18-,19+/m1/s1. The molecule has 4 aliphatic rings. The number of anilines is 1. The van der Waals surface area contributed by atoms with Crippen LogP contribution in [0.15, 0.2) is 24.3 Å². The number of Topliss-reactive ketones (excluding diaryl/α,β-unsaturated/α-hetero) is 1. The summed E-state index contributed by atoms with van der Waals surface area (Å²) < 4.78 is 0. The minimum absolute atomic E-state index is 0.0448. The number of carbonyl (C=O) groups excluding carboxylic acids is 3. The number of hydrogen-bond donors (Lipinski definition) is 0. The van der Waals surface area contributed by atoms with Crippen LogP contribution in [0.2, 0.25) is 0 Å². The molecule has 24 heavy (non-hydrogen) atoms. The van der Waals surface area contributed by atoms with Gasteiger partial charge in [-0.2, -0.15) is 0 Å². The zero-order valence-electron chi connectivity index (χ0n) is 13.7. The Hall–Kier alpha value is -2.17. The fourth-order valence-electron chi connectivity index (χ4n) is 6.04. The Labute approximate surface area is 140 Å². The van der Waals surface area contributed by atoms with Crippen LogP contribution in [-0.4, -0.2) is 34.7 Å². The Bertz CT molecular complexity index is 804. The summed E-state index contributed by atoms with van der Waals surface area (Å²) in [4.78, 5) is 42.3. The molecule has 4 aliphatic heterocycles. The van der Waals surface area contributed by atoms with Gasteiger partial charge in [-0.3, -0.25) is 19.3 Å². The summed E-state index contributed by atoms with van der Waals surface area (Å²) in [6, 6.07) is 7.65. The molecule has 0 unspecified atom stereocenters. The summed E-state index contributed by atoms with van der Waals surface area (Å²) in [5, 5.41) is 0. The van der Waals surface area contributed by atoms with Crippen LogP contribution in [0.4, 0.5) is 5.69 Å². The number of para-hydroxylation sites is 1. The molecule has 3 saturated heterocycles. The number of piperidine rings is 2. The summed E-state index contributed by atoms with van der Waals surface area (Å²) >= 11 is 0. The average Bonchev–Trinajstić information content (AvgIpc) is 3.03. The second kappa shape index (κ2) is 4.26. The molecule has 0 N–H and O–H groups in total. The van der Waals surface area contributed by atoms with Crippen molar-refractivity contribution >= 4 is 23.3 Å². The minimum Gasteiger partial charge on any atom is -0.311 e. The smallest absolute Gasteiger partial charge is 0.292 e. The zero-order chi connectivity index (χ0) is 16.7. The van der Waals surface area contributed by atoms with Crippen LogP contribution in [0.3, 0.4) is 0 Å². The molecule has 4 heterocycles. The van der Waals surface area contributed by atoms with Crippen molar-refractivity contribution in [3.8, 4) is 0 Å². The number of benzene rings is 1. The monoisotopic (exact) mass is 324 g/mol.